The van der Waals surface area contributed by atoms with Crippen LogP contribution in [0.1, 0.15) is 82.8 Å². The summed E-state index contributed by atoms with van der Waals surface area (Å²) in [5, 5.41) is 29.4. The average Bonchev–Trinajstić information content (AvgIpc) is 3.67. The number of piperazine rings is 1. The largest absolute Gasteiger partial charge is 0.489 e. The van der Waals surface area contributed by atoms with Crippen molar-refractivity contribution < 1.29 is 33.8 Å². The summed E-state index contributed by atoms with van der Waals surface area (Å²) in [4.78, 5) is 64.2. The molecule has 3 heterocycles. The van der Waals surface area contributed by atoms with Crippen molar-refractivity contribution in [1.29, 1.82) is 5.26 Å². The quantitative estimate of drug-likeness (QED) is 0.139. The molecule has 6 rings (SSSR count). The number of aromatic nitrogens is 1. The number of anilines is 1. The van der Waals surface area contributed by atoms with Gasteiger partial charge in [-0.15, -0.1) is 0 Å². The average molecular weight is 934 g/mol. The second kappa shape index (κ2) is 21.1. The zero-order chi connectivity index (χ0) is 47.2. The Balaban J connectivity index is 0.936. The summed E-state index contributed by atoms with van der Waals surface area (Å²) in [6, 6.07) is 15.8. The van der Waals surface area contributed by atoms with E-state index in [4.69, 9.17) is 32.7 Å². The van der Waals surface area contributed by atoms with E-state index in [1.807, 2.05) is 19.9 Å². The minimum Gasteiger partial charge on any atom is -0.489 e. The molecule has 4 amide bonds. The lowest BCUT2D eigenvalue weighted by Crippen LogP contribution is -2.74. The van der Waals surface area contributed by atoms with E-state index >= 15 is 0 Å². The van der Waals surface area contributed by atoms with Crippen LogP contribution in [0.2, 0.25) is 10.0 Å². The molecule has 2 unspecified atom stereocenters. The van der Waals surface area contributed by atoms with E-state index in [1.165, 1.54) is 4.90 Å². The number of β-amino-alcohol motifs (C(OH)–C–C–N with tert-alkyl or cyclic N) is 1. The van der Waals surface area contributed by atoms with Crippen LogP contribution in [0.15, 0.2) is 60.8 Å². The first-order valence-electron chi connectivity index (χ1n) is 22.3. The van der Waals surface area contributed by atoms with Crippen LogP contribution in [0.5, 0.6) is 5.75 Å². The molecule has 65 heavy (non-hydrogen) atoms. The van der Waals surface area contributed by atoms with E-state index in [1.54, 1.807) is 61.7 Å². The Morgan fingerprint density at radius 1 is 0.969 bits per heavy atom. The topological polar surface area (TPSA) is 189 Å². The maximum Gasteiger partial charge on any atom is 0.253 e. The Morgan fingerprint density at radius 2 is 1.66 bits per heavy atom. The van der Waals surface area contributed by atoms with Crippen LogP contribution in [0.25, 0.3) is 0 Å². The SMILES string of the molecule is CC(C)CC(OCCN1CCN(c2ccc(C(=O)N[C@H]3C(C)(C)[C@H](Oc4ccc(C#N)c(Cl)c4)C3(C)C)cn2)CC1)C(=O)NC(C)C(=O)N1C[C@H](O)C[C@H]1C(=O)NCc1ccc(Cl)cc1. The van der Waals surface area contributed by atoms with Crippen molar-refractivity contribution >= 4 is 52.6 Å². The van der Waals surface area contributed by atoms with Crippen LogP contribution < -0.4 is 25.6 Å². The highest BCUT2D eigenvalue weighted by Crippen LogP contribution is 2.55. The number of aliphatic hydroxyl groups is 1. The molecule has 4 atom stereocenters. The highest BCUT2D eigenvalue weighted by Gasteiger charge is 2.64. The maximum atomic E-state index is 13.6. The summed E-state index contributed by atoms with van der Waals surface area (Å²) in [7, 11) is 0. The predicted octanol–water partition coefficient (Wildman–Crippen LogP) is 5.21. The van der Waals surface area contributed by atoms with Gasteiger partial charge in [-0.05, 0) is 61.2 Å². The van der Waals surface area contributed by atoms with Gasteiger partial charge in [0.15, 0.2) is 0 Å². The van der Waals surface area contributed by atoms with Gasteiger partial charge in [-0.3, -0.25) is 24.1 Å². The number of benzene rings is 2. The van der Waals surface area contributed by atoms with Gasteiger partial charge in [-0.1, -0.05) is 76.9 Å². The van der Waals surface area contributed by atoms with Gasteiger partial charge in [-0.25, -0.2) is 4.98 Å². The normalized spacial score (nSPS) is 22.3. The van der Waals surface area contributed by atoms with Crippen LogP contribution in [-0.2, 0) is 25.7 Å². The number of likely N-dealkylation sites (tertiary alicyclic amines) is 1. The van der Waals surface area contributed by atoms with E-state index in [-0.39, 0.29) is 49.4 Å². The number of aliphatic hydroxyl groups excluding tert-OH is 1. The smallest absolute Gasteiger partial charge is 0.253 e. The van der Waals surface area contributed by atoms with Crippen LogP contribution in [-0.4, -0.2) is 126 Å². The van der Waals surface area contributed by atoms with Crippen molar-refractivity contribution in [3.8, 4) is 11.8 Å². The van der Waals surface area contributed by atoms with Crippen molar-refractivity contribution in [3.63, 3.8) is 0 Å². The van der Waals surface area contributed by atoms with Crippen molar-refractivity contribution in [2.45, 2.75) is 104 Å². The fraction of sp³-hybridized carbons (Fsp3) is 0.542. The summed E-state index contributed by atoms with van der Waals surface area (Å²) in [5.41, 5.74) is 0.891. The molecule has 350 valence electrons. The van der Waals surface area contributed by atoms with E-state index in [0.717, 1.165) is 37.6 Å². The number of halogens is 2. The molecule has 0 spiro atoms. The number of carbonyl (C=O) groups is 4. The second-order valence-corrected chi connectivity index (χ2v) is 19.8. The summed E-state index contributed by atoms with van der Waals surface area (Å²) < 4.78 is 12.5. The molecule has 0 radical (unpaired) electrons. The molecule has 2 aromatic carbocycles. The van der Waals surface area contributed by atoms with Crippen LogP contribution >= 0.6 is 23.2 Å². The van der Waals surface area contributed by atoms with E-state index < -0.39 is 46.9 Å². The molecule has 15 nitrogen and oxygen atoms in total. The number of nitrogens with zero attached hydrogens (tertiary/aromatic N) is 5. The van der Waals surface area contributed by atoms with Gasteiger partial charge < -0.3 is 40.3 Å². The molecule has 2 saturated heterocycles. The van der Waals surface area contributed by atoms with Crippen LogP contribution in [0.4, 0.5) is 5.82 Å². The molecule has 4 N–H and O–H groups in total. The lowest BCUT2D eigenvalue weighted by atomic mass is 9.49. The monoisotopic (exact) mass is 932 g/mol. The number of amides is 4. The summed E-state index contributed by atoms with van der Waals surface area (Å²) in [6.45, 7) is 17.9. The Hall–Kier alpha value is -4.98. The summed E-state index contributed by atoms with van der Waals surface area (Å²) in [6.07, 6.45) is 0.312. The van der Waals surface area contributed by atoms with Gasteiger partial charge in [-0.2, -0.15) is 5.26 Å². The number of ether oxygens (including phenoxy) is 2. The molecular formula is C48H62Cl2N8O7. The Morgan fingerprint density at radius 3 is 2.28 bits per heavy atom. The Labute approximate surface area is 392 Å². The van der Waals surface area contributed by atoms with E-state index in [0.29, 0.717) is 46.5 Å². The van der Waals surface area contributed by atoms with Gasteiger partial charge in [0.2, 0.25) is 17.7 Å². The molecule has 2 aliphatic heterocycles. The van der Waals surface area contributed by atoms with Crippen LogP contribution in [0, 0.1) is 28.1 Å². The minimum absolute atomic E-state index is 0.00821. The first-order chi connectivity index (χ1) is 30.8. The van der Waals surface area contributed by atoms with Crippen molar-refractivity contribution in [2.75, 3.05) is 50.8 Å². The third-order valence-electron chi connectivity index (χ3n) is 12.8. The summed E-state index contributed by atoms with van der Waals surface area (Å²) >= 11 is 12.2. The number of nitriles is 1. The first kappa shape index (κ1) is 49.5. The molecule has 0 bridgehead atoms. The maximum absolute atomic E-state index is 13.6. The van der Waals surface area contributed by atoms with Crippen molar-refractivity contribution in [1.82, 2.24) is 30.7 Å². The Kier molecular flexibility index (Phi) is 16.1. The number of hydrogen-bond acceptors (Lipinski definition) is 11. The van der Waals surface area contributed by atoms with Crippen molar-refractivity contribution in [2.24, 2.45) is 16.7 Å². The van der Waals surface area contributed by atoms with Gasteiger partial charge in [0.05, 0.1) is 28.9 Å². The molecule has 1 saturated carbocycles. The van der Waals surface area contributed by atoms with Gasteiger partial charge in [0, 0.05) is 86.4 Å². The lowest BCUT2D eigenvalue weighted by molar-refractivity contribution is -0.164. The highest BCUT2D eigenvalue weighted by atomic mass is 35.5. The molecule has 1 aromatic heterocycles. The predicted molar refractivity (Wildman–Crippen MR) is 249 cm³/mol. The molecule has 17 heteroatoms. The first-order valence-corrected chi connectivity index (χ1v) is 23.1. The summed E-state index contributed by atoms with van der Waals surface area (Å²) in [5.74, 6) is 0.0533. The third-order valence-corrected chi connectivity index (χ3v) is 13.4. The number of rotatable bonds is 17. The third kappa shape index (κ3) is 11.9. The lowest BCUT2D eigenvalue weighted by Gasteiger charge is -2.63. The number of nitrogens with one attached hydrogen (secondary N) is 3. The molecule has 3 aromatic rings. The van der Waals surface area contributed by atoms with Gasteiger partial charge in [0.1, 0.15) is 41.9 Å². The molecular weight excluding hydrogens is 871 g/mol. The second-order valence-electron chi connectivity index (χ2n) is 19.0. The molecule has 1 aliphatic carbocycles. The van der Waals surface area contributed by atoms with Gasteiger partial charge in [0.25, 0.3) is 5.91 Å². The highest BCUT2D eigenvalue weighted by molar-refractivity contribution is 6.31. The van der Waals surface area contributed by atoms with Crippen molar-refractivity contribution in [3.05, 3.63) is 87.5 Å². The van der Waals surface area contributed by atoms with E-state index in [9.17, 15) is 29.5 Å². The minimum atomic E-state index is -0.944. The number of hydrogen-bond donors (Lipinski definition) is 4. The fourth-order valence-electron chi connectivity index (χ4n) is 9.55. The van der Waals surface area contributed by atoms with E-state index in [2.05, 4.69) is 64.5 Å². The molecule has 3 fully saturated rings. The zero-order valence-corrected chi connectivity index (χ0v) is 39.8. The zero-order valence-electron chi connectivity index (χ0n) is 38.3. The Bertz CT molecular complexity index is 2190. The molecule has 3 aliphatic rings. The fourth-order valence-corrected chi connectivity index (χ4v) is 9.89. The van der Waals surface area contributed by atoms with Gasteiger partial charge >= 0.3 is 0 Å². The number of carbonyl (C=O) groups excluding carboxylic acids is 4. The number of pyridine rings is 1. The van der Waals surface area contributed by atoms with Crippen LogP contribution in [0.3, 0.4) is 0 Å². The standard InChI is InChI=1S/C48H62Cl2N8O7/c1-29(2)22-39(43(62)54-30(3)44(63)58-28-35(59)23-38(58)42(61)53-26-31-8-12-34(49)13-9-31)64-21-20-56-16-18-57(19-17-56)40-15-11-33(27-52-40)41(60)55-45-47(4,5)46(48(45,6)7)65-36-14-10-32(25-51)37(50)24-36/h8-15,24,27,29-30,35,38-39,45-46,59H,16-23,26,28H2,1-7H3,(H,53,61)(H,54,62)(H,55,60)/t30?,35-,38+,39?,45-,46-/m1/s1.